The summed E-state index contributed by atoms with van der Waals surface area (Å²) in [4.78, 5) is 1.44. The number of nitrogens with one attached hydrogen (secondary N) is 1. The zero-order valence-electron chi connectivity index (χ0n) is 10.1. The van der Waals surface area contributed by atoms with E-state index >= 15 is 0 Å². The third-order valence-corrected chi connectivity index (χ3v) is 4.17. The Morgan fingerprint density at radius 2 is 2.53 bits per heavy atom. The summed E-state index contributed by atoms with van der Waals surface area (Å²) in [5.41, 5.74) is 2.46. The van der Waals surface area contributed by atoms with Crippen LogP contribution in [0.5, 0.6) is 0 Å². The molecule has 0 aliphatic heterocycles. The molecule has 0 saturated heterocycles. The minimum Gasteiger partial charge on any atom is -0.376 e. The van der Waals surface area contributed by atoms with Gasteiger partial charge in [-0.25, -0.2) is 0 Å². The van der Waals surface area contributed by atoms with Crippen molar-refractivity contribution < 1.29 is 4.74 Å². The smallest absolute Gasteiger partial charge is 0.0934 e. The van der Waals surface area contributed by atoms with Crippen molar-refractivity contribution in [2.45, 2.75) is 25.8 Å². The van der Waals surface area contributed by atoms with Gasteiger partial charge in [-0.1, -0.05) is 23.8 Å². The van der Waals surface area contributed by atoms with Gasteiger partial charge in [0.2, 0.25) is 0 Å². The van der Waals surface area contributed by atoms with Crippen LogP contribution in [-0.2, 0) is 11.2 Å². The first-order valence-electron chi connectivity index (χ1n) is 5.90. The normalized spacial score (nSPS) is 18.4. The highest BCUT2D eigenvalue weighted by molar-refractivity contribution is 7.16. The van der Waals surface area contributed by atoms with Crippen molar-refractivity contribution in [3.05, 3.63) is 33.0 Å². The molecule has 1 heterocycles. The Kier molecular flexibility index (Phi) is 4.62. The Balaban J connectivity index is 1.72. The van der Waals surface area contributed by atoms with E-state index in [0.29, 0.717) is 12.6 Å². The number of rotatable bonds is 6. The summed E-state index contributed by atoms with van der Waals surface area (Å²) in [6, 6.07) is 2.56. The number of aryl methyl sites for hydroxylation is 1. The predicted octanol–water partition coefficient (Wildman–Crippen LogP) is 3.57. The second-order valence-corrected chi connectivity index (χ2v) is 6.25. The zero-order valence-corrected chi connectivity index (χ0v) is 11.7. The molecule has 0 bridgehead atoms. The Bertz CT molecular complexity index is 402. The lowest BCUT2D eigenvalue weighted by Crippen LogP contribution is -2.23. The summed E-state index contributed by atoms with van der Waals surface area (Å²) in [6.07, 6.45) is 2.33. The average Bonchev–Trinajstić information content (AvgIpc) is 2.77. The van der Waals surface area contributed by atoms with Gasteiger partial charge in [-0.15, -0.1) is 11.3 Å². The molecule has 94 valence electrons. The number of ether oxygens (including phenoxy) is 1. The van der Waals surface area contributed by atoms with Crippen molar-refractivity contribution in [3.8, 4) is 0 Å². The van der Waals surface area contributed by atoms with Gasteiger partial charge in [0, 0.05) is 17.5 Å². The number of thiophene rings is 1. The van der Waals surface area contributed by atoms with Crippen LogP contribution >= 0.6 is 22.9 Å². The van der Waals surface area contributed by atoms with Gasteiger partial charge in [0.1, 0.15) is 0 Å². The van der Waals surface area contributed by atoms with Gasteiger partial charge in [-0.05, 0) is 31.4 Å². The van der Waals surface area contributed by atoms with E-state index in [0.717, 1.165) is 29.5 Å². The Morgan fingerprint density at radius 3 is 3.29 bits per heavy atom. The lowest BCUT2D eigenvalue weighted by atomic mass is 10.2. The lowest BCUT2D eigenvalue weighted by molar-refractivity contribution is 0.155. The van der Waals surface area contributed by atoms with E-state index in [1.807, 2.05) is 6.92 Å². The number of hydrogen-bond acceptors (Lipinski definition) is 3. The SMILES string of the molecule is C=C(C)COCCNC1CCc2sc(Cl)cc21. The fourth-order valence-corrected chi connectivity index (χ4v) is 3.45. The molecule has 17 heavy (non-hydrogen) atoms. The standard InChI is InChI=1S/C13H18ClNOS/c1-9(2)8-16-6-5-15-11-3-4-12-10(11)7-13(14)17-12/h7,11,15H,1,3-6,8H2,2H3. The Morgan fingerprint density at radius 1 is 1.71 bits per heavy atom. The summed E-state index contributed by atoms with van der Waals surface area (Å²) in [6.45, 7) is 8.05. The van der Waals surface area contributed by atoms with E-state index < -0.39 is 0 Å². The molecule has 1 atom stereocenters. The first kappa shape index (κ1) is 13.1. The monoisotopic (exact) mass is 271 g/mol. The largest absolute Gasteiger partial charge is 0.376 e. The van der Waals surface area contributed by atoms with Crippen molar-refractivity contribution in [2.24, 2.45) is 0 Å². The molecular weight excluding hydrogens is 254 g/mol. The van der Waals surface area contributed by atoms with Crippen LogP contribution in [0.2, 0.25) is 4.34 Å². The highest BCUT2D eigenvalue weighted by Crippen LogP contribution is 2.39. The second kappa shape index (κ2) is 6.01. The van der Waals surface area contributed by atoms with Crippen molar-refractivity contribution in [1.82, 2.24) is 5.32 Å². The zero-order chi connectivity index (χ0) is 12.3. The van der Waals surface area contributed by atoms with E-state index in [2.05, 4.69) is 18.0 Å². The minimum atomic E-state index is 0.460. The van der Waals surface area contributed by atoms with Gasteiger partial charge in [0.25, 0.3) is 0 Å². The van der Waals surface area contributed by atoms with Crippen LogP contribution in [0.1, 0.15) is 29.8 Å². The van der Waals surface area contributed by atoms with Crippen LogP contribution in [0.25, 0.3) is 0 Å². The van der Waals surface area contributed by atoms with Gasteiger partial charge in [-0.2, -0.15) is 0 Å². The molecule has 1 aromatic rings. The van der Waals surface area contributed by atoms with Crippen molar-refractivity contribution in [2.75, 3.05) is 19.8 Å². The van der Waals surface area contributed by atoms with Gasteiger partial charge in [0.15, 0.2) is 0 Å². The van der Waals surface area contributed by atoms with E-state index in [1.54, 1.807) is 11.3 Å². The number of fused-ring (bicyclic) bond motifs is 1. The molecule has 1 aromatic heterocycles. The first-order chi connectivity index (χ1) is 8.16. The molecule has 0 radical (unpaired) electrons. The molecule has 0 saturated carbocycles. The maximum atomic E-state index is 6.02. The highest BCUT2D eigenvalue weighted by atomic mass is 35.5. The Labute approximate surface area is 112 Å². The predicted molar refractivity (Wildman–Crippen MR) is 74.0 cm³/mol. The molecule has 0 aromatic carbocycles. The molecule has 0 spiro atoms. The highest BCUT2D eigenvalue weighted by Gasteiger charge is 2.24. The molecule has 2 nitrogen and oxygen atoms in total. The molecule has 0 fully saturated rings. The van der Waals surface area contributed by atoms with Crippen molar-refractivity contribution in [1.29, 1.82) is 0 Å². The van der Waals surface area contributed by atoms with E-state index in [4.69, 9.17) is 16.3 Å². The number of halogens is 1. The van der Waals surface area contributed by atoms with Crippen LogP contribution in [0.15, 0.2) is 18.2 Å². The van der Waals surface area contributed by atoms with Crippen LogP contribution in [0.4, 0.5) is 0 Å². The van der Waals surface area contributed by atoms with Crippen LogP contribution in [0, 0.1) is 0 Å². The van der Waals surface area contributed by atoms with Gasteiger partial charge in [0.05, 0.1) is 17.6 Å². The Hall–Kier alpha value is -0.350. The summed E-state index contributed by atoms with van der Waals surface area (Å²) in [5.74, 6) is 0. The fourth-order valence-electron chi connectivity index (χ4n) is 2.09. The van der Waals surface area contributed by atoms with Gasteiger partial charge in [-0.3, -0.25) is 0 Å². The molecule has 1 aliphatic carbocycles. The molecule has 0 amide bonds. The van der Waals surface area contributed by atoms with E-state index in [1.165, 1.54) is 16.9 Å². The minimum absolute atomic E-state index is 0.460. The summed E-state index contributed by atoms with van der Waals surface area (Å²) in [7, 11) is 0. The summed E-state index contributed by atoms with van der Waals surface area (Å²) < 4.78 is 6.37. The molecule has 1 unspecified atom stereocenters. The molecule has 1 N–H and O–H groups in total. The maximum Gasteiger partial charge on any atom is 0.0934 e. The van der Waals surface area contributed by atoms with Crippen LogP contribution < -0.4 is 5.32 Å². The van der Waals surface area contributed by atoms with E-state index in [9.17, 15) is 0 Å². The molecule has 1 aliphatic rings. The van der Waals surface area contributed by atoms with Gasteiger partial charge < -0.3 is 10.1 Å². The van der Waals surface area contributed by atoms with Crippen LogP contribution in [-0.4, -0.2) is 19.8 Å². The third-order valence-electron chi connectivity index (χ3n) is 2.83. The topological polar surface area (TPSA) is 21.3 Å². The fraction of sp³-hybridized carbons (Fsp3) is 0.538. The van der Waals surface area contributed by atoms with Gasteiger partial charge >= 0.3 is 0 Å². The molecule has 4 heteroatoms. The molecular formula is C13H18ClNOS. The summed E-state index contributed by atoms with van der Waals surface area (Å²) >= 11 is 7.73. The number of hydrogen-bond donors (Lipinski definition) is 1. The lowest BCUT2D eigenvalue weighted by Gasteiger charge is -2.12. The van der Waals surface area contributed by atoms with E-state index in [-0.39, 0.29) is 0 Å². The quantitative estimate of drug-likeness (QED) is 0.631. The first-order valence-corrected chi connectivity index (χ1v) is 7.10. The van der Waals surface area contributed by atoms with Crippen LogP contribution in [0.3, 0.4) is 0 Å². The van der Waals surface area contributed by atoms with Crippen molar-refractivity contribution >= 4 is 22.9 Å². The maximum absolute atomic E-state index is 6.02. The second-order valence-electron chi connectivity index (χ2n) is 4.48. The molecule has 2 rings (SSSR count). The summed E-state index contributed by atoms with van der Waals surface area (Å²) in [5, 5.41) is 3.52. The average molecular weight is 272 g/mol. The third kappa shape index (κ3) is 3.55. The van der Waals surface area contributed by atoms with Crippen molar-refractivity contribution in [3.63, 3.8) is 0 Å².